The minimum absolute atomic E-state index is 0.135. The summed E-state index contributed by atoms with van der Waals surface area (Å²) in [6.45, 7) is 0. The Bertz CT molecular complexity index is 971. The van der Waals surface area contributed by atoms with E-state index >= 15 is 0 Å². The van der Waals surface area contributed by atoms with Crippen molar-refractivity contribution in [3.8, 4) is 5.75 Å². The molecule has 0 radical (unpaired) electrons. The first kappa shape index (κ1) is 17.6. The van der Waals surface area contributed by atoms with Gasteiger partial charge in [-0.3, -0.25) is 4.79 Å². The molecule has 0 fully saturated rings. The van der Waals surface area contributed by atoms with Crippen LogP contribution in [0, 0.1) is 0 Å². The van der Waals surface area contributed by atoms with Gasteiger partial charge >= 0.3 is 12.4 Å². The Labute approximate surface area is 149 Å². The zero-order chi connectivity index (χ0) is 19.6. The van der Waals surface area contributed by atoms with Crippen molar-refractivity contribution in [2.24, 2.45) is 0 Å². The third kappa shape index (κ3) is 2.70. The number of carbonyl (C=O) groups excluding carboxylic acids is 1. The molecule has 2 aliphatic rings. The van der Waals surface area contributed by atoms with E-state index in [9.17, 15) is 31.1 Å². The first-order chi connectivity index (χ1) is 12.6. The van der Waals surface area contributed by atoms with Crippen molar-refractivity contribution < 1.29 is 35.9 Å². The van der Waals surface area contributed by atoms with Gasteiger partial charge in [0, 0.05) is 0 Å². The quantitative estimate of drug-likeness (QED) is 0.563. The first-order valence-corrected chi connectivity index (χ1v) is 7.88. The second-order valence-electron chi connectivity index (χ2n) is 6.27. The number of benzene rings is 2. The van der Waals surface area contributed by atoms with E-state index in [1.165, 1.54) is 30.4 Å². The maximum absolute atomic E-state index is 13.5. The van der Waals surface area contributed by atoms with Crippen molar-refractivity contribution in [3.63, 3.8) is 0 Å². The Kier molecular flexibility index (Phi) is 3.66. The van der Waals surface area contributed by atoms with Gasteiger partial charge < -0.3 is 4.74 Å². The molecule has 4 rings (SSSR count). The van der Waals surface area contributed by atoms with Gasteiger partial charge in [-0.15, -0.1) is 0 Å². The fraction of sp³-hybridized carbons (Fsp3) is 0.211. The summed E-state index contributed by atoms with van der Waals surface area (Å²) >= 11 is 0. The molecule has 0 bridgehead atoms. The monoisotopic (exact) mass is 384 g/mol. The van der Waals surface area contributed by atoms with Crippen molar-refractivity contribution in [2.45, 2.75) is 24.4 Å². The molecule has 1 heterocycles. The van der Waals surface area contributed by atoms with Crippen LogP contribution in [-0.4, -0.2) is 11.9 Å². The highest BCUT2D eigenvalue weighted by molar-refractivity contribution is 6.07. The van der Waals surface area contributed by atoms with E-state index in [2.05, 4.69) is 0 Å². The number of hydrogen-bond acceptors (Lipinski definition) is 2. The van der Waals surface area contributed by atoms with Crippen molar-refractivity contribution in [1.29, 1.82) is 0 Å². The molecule has 0 saturated carbocycles. The Morgan fingerprint density at radius 2 is 1.48 bits per heavy atom. The summed E-state index contributed by atoms with van der Waals surface area (Å²) in [5, 5.41) is 0. The lowest BCUT2D eigenvalue weighted by molar-refractivity contribution is -0.139. The van der Waals surface area contributed by atoms with E-state index in [1.54, 1.807) is 0 Å². The van der Waals surface area contributed by atoms with Crippen LogP contribution in [0.1, 0.15) is 38.5 Å². The van der Waals surface area contributed by atoms with Crippen molar-refractivity contribution in [1.82, 2.24) is 0 Å². The molecule has 0 N–H and O–H groups in total. The minimum Gasteiger partial charge on any atom is -0.484 e. The fourth-order valence-electron chi connectivity index (χ4n) is 3.61. The molecule has 1 aliphatic carbocycles. The maximum atomic E-state index is 13.5. The third-order valence-corrected chi connectivity index (χ3v) is 4.67. The van der Waals surface area contributed by atoms with Gasteiger partial charge in [0.05, 0.1) is 22.6 Å². The summed E-state index contributed by atoms with van der Waals surface area (Å²) < 4.78 is 85.9. The first-order valence-electron chi connectivity index (χ1n) is 7.88. The molecule has 1 aliphatic heterocycles. The predicted molar refractivity (Wildman–Crippen MR) is 83.4 cm³/mol. The van der Waals surface area contributed by atoms with Crippen LogP contribution in [0.15, 0.2) is 42.5 Å². The average molecular weight is 384 g/mol. The van der Waals surface area contributed by atoms with Gasteiger partial charge in [0.25, 0.3) is 0 Å². The van der Waals surface area contributed by atoms with Crippen LogP contribution >= 0.6 is 0 Å². The van der Waals surface area contributed by atoms with Gasteiger partial charge in [-0.2, -0.15) is 26.3 Å². The average Bonchev–Trinajstić information content (AvgIpc) is 2.58. The summed E-state index contributed by atoms with van der Waals surface area (Å²) in [4.78, 5) is 13.0. The normalized spacial score (nSPS) is 21.2. The summed E-state index contributed by atoms with van der Waals surface area (Å²) in [7, 11) is 0. The fourth-order valence-corrected chi connectivity index (χ4v) is 3.61. The Morgan fingerprint density at radius 1 is 0.852 bits per heavy atom. The number of rotatable bonds is 0. The topological polar surface area (TPSA) is 26.3 Å². The lowest BCUT2D eigenvalue weighted by atomic mass is 9.75. The largest absolute Gasteiger partial charge is 0.484 e. The van der Waals surface area contributed by atoms with Crippen LogP contribution in [-0.2, 0) is 12.4 Å². The number of alkyl halides is 6. The second-order valence-corrected chi connectivity index (χ2v) is 6.27. The number of ketones is 1. The van der Waals surface area contributed by atoms with E-state index in [0.29, 0.717) is 0 Å². The SMILES string of the molecule is O=C1c2c(cccc2C(F)(F)F)OC2C=Cc3cccc(C(F)(F)F)c3C12. The molecule has 2 nitrogen and oxygen atoms in total. The zero-order valence-electron chi connectivity index (χ0n) is 13.4. The second kappa shape index (κ2) is 5.61. The van der Waals surface area contributed by atoms with Gasteiger partial charge in [0.15, 0.2) is 5.78 Å². The van der Waals surface area contributed by atoms with Crippen molar-refractivity contribution in [3.05, 3.63) is 70.3 Å². The van der Waals surface area contributed by atoms with Gasteiger partial charge in [0.1, 0.15) is 11.9 Å². The highest BCUT2D eigenvalue weighted by Crippen LogP contribution is 2.48. The molecule has 0 spiro atoms. The van der Waals surface area contributed by atoms with Crippen molar-refractivity contribution >= 4 is 11.9 Å². The summed E-state index contributed by atoms with van der Waals surface area (Å²) in [6.07, 6.45) is -7.92. The third-order valence-electron chi connectivity index (χ3n) is 4.67. The number of Topliss-reactive ketones (excluding diaryl/α,β-unsaturated/α-hetero) is 1. The number of hydrogen-bond donors (Lipinski definition) is 0. The summed E-state index contributed by atoms with van der Waals surface area (Å²) in [5.41, 5.74) is -3.22. The smallest absolute Gasteiger partial charge is 0.417 e. The van der Waals surface area contributed by atoms with Gasteiger partial charge in [-0.05, 0) is 35.4 Å². The maximum Gasteiger partial charge on any atom is 0.417 e. The highest BCUT2D eigenvalue weighted by Gasteiger charge is 2.48. The molecule has 2 atom stereocenters. The lowest BCUT2D eigenvalue weighted by Gasteiger charge is -2.36. The molecule has 2 aromatic carbocycles. The van der Waals surface area contributed by atoms with Crippen molar-refractivity contribution in [2.75, 3.05) is 0 Å². The zero-order valence-corrected chi connectivity index (χ0v) is 13.4. The number of ether oxygens (including phenoxy) is 1. The van der Waals surface area contributed by atoms with Gasteiger partial charge in [0.2, 0.25) is 0 Å². The molecule has 27 heavy (non-hydrogen) atoms. The highest BCUT2D eigenvalue weighted by atomic mass is 19.4. The summed E-state index contributed by atoms with van der Waals surface area (Å²) in [5.74, 6) is -2.82. The van der Waals surface area contributed by atoms with E-state index < -0.39 is 46.8 Å². The molecule has 0 saturated heterocycles. The number of fused-ring (bicyclic) bond motifs is 4. The molecule has 8 heteroatoms. The van der Waals surface area contributed by atoms with E-state index in [1.807, 2.05) is 0 Å². The van der Waals surface area contributed by atoms with Crippen LogP contribution in [0.25, 0.3) is 6.08 Å². The molecular weight excluding hydrogens is 374 g/mol. The van der Waals surface area contributed by atoms with Crippen LogP contribution in [0.3, 0.4) is 0 Å². The van der Waals surface area contributed by atoms with Gasteiger partial charge in [-0.1, -0.05) is 24.3 Å². The molecule has 2 aromatic rings. The number of halogens is 6. The Hall–Kier alpha value is -2.77. The van der Waals surface area contributed by atoms with E-state index in [0.717, 1.165) is 18.2 Å². The number of carbonyl (C=O) groups is 1. The molecule has 0 amide bonds. The van der Waals surface area contributed by atoms with Crippen LogP contribution < -0.4 is 4.74 Å². The van der Waals surface area contributed by atoms with Gasteiger partial charge in [-0.25, -0.2) is 0 Å². The van der Waals surface area contributed by atoms with E-state index in [-0.39, 0.29) is 16.9 Å². The summed E-state index contributed by atoms with van der Waals surface area (Å²) in [6, 6.07) is 6.41. The molecule has 2 unspecified atom stereocenters. The van der Waals surface area contributed by atoms with Crippen LogP contribution in [0.5, 0.6) is 5.75 Å². The Morgan fingerprint density at radius 3 is 2.15 bits per heavy atom. The Balaban J connectivity index is 1.95. The van der Waals surface area contributed by atoms with Crippen LogP contribution in [0.2, 0.25) is 0 Å². The predicted octanol–water partition coefficient (Wildman–Crippen LogP) is 5.48. The molecule has 140 valence electrons. The van der Waals surface area contributed by atoms with Crippen LogP contribution in [0.4, 0.5) is 26.3 Å². The lowest BCUT2D eigenvalue weighted by Crippen LogP contribution is -2.39. The molecular formula is C19H10F6O2. The van der Waals surface area contributed by atoms with E-state index in [4.69, 9.17) is 4.74 Å². The standard InChI is InChI=1S/C19H10F6O2/c20-18(21,22)10-4-1-3-9-7-8-13-16(14(9)10)17(26)15-11(19(23,24)25)5-2-6-12(15)27-13/h1-8,13,16H. The molecule has 0 aromatic heterocycles. The minimum atomic E-state index is -4.84.